The monoisotopic (exact) mass is 256 g/mol. The lowest BCUT2D eigenvalue weighted by Gasteiger charge is -2.39. The number of hydrogen-bond acceptors (Lipinski definition) is 3. The summed E-state index contributed by atoms with van der Waals surface area (Å²) in [5.74, 6) is 1.08. The molecule has 17 heavy (non-hydrogen) atoms. The van der Waals surface area contributed by atoms with Gasteiger partial charge >= 0.3 is 0 Å². The molecule has 0 spiro atoms. The SMILES string of the molecule is CN(C)C1CCN(CC2(CS)CCCCC2)C1. The van der Waals surface area contributed by atoms with E-state index in [4.69, 9.17) is 0 Å². The molecule has 2 nitrogen and oxygen atoms in total. The summed E-state index contributed by atoms with van der Waals surface area (Å²) in [4.78, 5) is 5.07. The van der Waals surface area contributed by atoms with Crippen molar-refractivity contribution in [1.29, 1.82) is 0 Å². The second-order valence-electron chi connectivity index (χ2n) is 6.36. The van der Waals surface area contributed by atoms with Gasteiger partial charge in [0.1, 0.15) is 0 Å². The van der Waals surface area contributed by atoms with E-state index in [-0.39, 0.29) is 0 Å². The first-order valence-electron chi connectivity index (χ1n) is 7.15. The van der Waals surface area contributed by atoms with Crippen LogP contribution in [0.1, 0.15) is 38.5 Å². The number of hydrogen-bond donors (Lipinski definition) is 1. The van der Waals surface area contributed by atoms with Crippen molar-refractivity contribution in [2.45, 2.75) is 44.6 Å². The van der Waals surface area contributed by atoms with Crippen molar-refractivity contribution in [3.63, 3.8) is 0 Å². The molecule has 1 saturated carbocycles. The van der Waals surface area contributed by atoms with E-state index in [1.54, 1.807) is 0 Å². The molecule has 1 aliphatic carbocycles. The van der Waals surface area contributed by atoms with E-state index >= 15 is 0 Å². The third-order valence-corrected chi connectivity index (χ3v) is 5.46. The van der Waals surface area contributed by atoms with E-state index in [1.165, 1.54) is 58.2 Å². The maximum atomic E-state index is 4.65. The first-order chi connectivity index (χ1) is 8.15. The zero-order chi connectivity index (χ0) is 12.3. The van der Waals surface area contributed by atoms with Gasteiger partial charge in [0.05, 0.1) is 0 Å². The van der Waals surface area contributed by atoms with E-state index < -0.39 is 0 Å². The second kappa shape index (κ2) is 5.94. The van der Waals surface area contributed by atoms with Crippen molar-refractivity contribution < 1.29 is 0 Å². The van der Waals surface area contributed by atoms with Crippen molar-refractivity contribution in [3.05, 3.63) is 0 Å². The van der Waals surface area contributed by atoms with Crippen LogP contribution in [-0.4, -0.2) is 55.3 Å². The summed E-state index contributed by atoms with van der Waals surface area (Å²) < 4.78 is 0. The fraction of sp³-hybridized carbons (Fsp3) is 1.00. The Bertz CT molecular complexity index is 236. The van der Waals surface area contributed by atoms with Crippen molar-refractivity contribution in [2.24, 2.45) is 5.41 Å². The number of likely N-dealkylation sites (N-methyl/N-ethyl adjacent to an activating group) is 1. The summed E-state index contributed by atoms with van der Waals surface area (Å²) in [6.07, 6.45) is 8.43. The van der Waals surface area contributed by atoms with Crippen LogP contribution >= 0.6 is 12.6 Å². The molecule has 3 heteroatoms. The van der Waals surface area contributed by atoms with Crippen LogP contribution in [0.15, 0.2) is 0 Å². The molecule has 1 atom stereocenters. The lowest BCUT2D eigenvalue weighted by molar-refractivity contribution is 0.138. The Labute approximate surface area is 112 Å². The van der Waals surface area contributed by atoms with Gasteiger partial charge in [-0.2, -0.15) is 12.6 Å². The number of likely N-dealkylation sites (tertiary alicyclic amines) is 1. The zero-order valence-electron chi connectivity index (χ0n) is 11.5. The molecule has 0 N–H and O–H groups in total. The maximum absolute atomic E-state index is 4.65. The van der Waals surface area contributed by atoms with Gasteiger partial charge in [-0.15, -0.1) is 0 Å². The van der Waals surface area contributed by atoms with Crippen LogP contribution in [0, 0.1) is 5.41 Å². The van der Waals surface area contributed by atoms with Crippen LogP contribution < -0.4 is 0 Å². The van der Waals surface area contributed by atoms with E-state index in [9.17, 15) is 0 Å². The van der Waals surface area contributed by atoms with E-state index in [0.717, 1.165) is 11.8 Å². The van der Waals surface area contributed by atoms with E-state index in [0.29, 0.717) is 5.41 Å². The summed E-state index contributed by atoms with van der Waals surface area (Å²) >= 11 is 4.65. The third-order valence-electron chi connectivity index (χ3n) is 4.79. The van der Waals surface area contributed by atoms with Crippen LogP contribution in [0.25, 0.3) is 0 Å². The number of thiol groups is 1. The van der Waals surface area contributed by atoms with Gasteiger partial charge in [-0.1, -0.05) is 19.3 Å². The molecule has 0 aromatic heterocycles. The Morgan fingerprint density at radius 1 is 1.24 bits per heavy atom. The van der Waals surface area contributed by atoms with Crippen LogP contribution in [0.3, 0.4) is 0 Å². The van der Waals surface area contributed by atoms with Gasteiger partial charge in [0.15, 0.2) is 0 Å². The smallest absolute Gasteiger partial charge is 0.0229 e. The number of rotatable bonds is 4. The lowest BCUT2D eigenvalue weighted by atomic mass is 9.75. The quantitative estimate of drug-likeness (QED) is 0.772. The predicted octanol–water partition coefficient (Wildman–Crippen LogP) is 2.50. The minimum atomic E-state index is 0.530. The van der Waals surface area contributed by atoms with Gasteiger partial charge in [0.25, 0.3) is 0 Å². The summed E-state index contributed by atoms with van der Waals surface area (Å²) in [6, 6.07) is 0.774. The Morgan fingerprint density at radius 3 is 2.47 bits per heavy atom. The molecular weight excluding hydrogens is 228 g/mol. The molecule has 2 fully saturated rings. The highest BCUT2D eigenvalue weighted by atomic mass is 32.1. The van der Waals surface area contributed by atoms with E-state index in [2.05, 4.69) is 36.5 Å². The van der Waals surface area contributed by atoms with Crippen molar-refractivity contribution in [2.75, 3.05) is 39.5 Å². The zero-order valence-corrected chi connectivity index (χ0v) is 12.4. The molecule has 2 aliphatic rings. The van der Waals surface area contributed by atoms with Crippen LogP contribution in [0.5, 0.6) is 0 Å². The van der Waals surface area contributed by atoms with Gasteiger partial charge < -0.3 is 9.80 Å². The average molecular weight is 256 g/mol. The fourth-order valence-corrected chi connectivity index (χ4v) is 3.94. The number of nitrogens with zero attached hydrogens (tertiary/aromatic N) is 2. The average Bonchev–Trinajstić information content (AvgIpc) is 2.79. The molecule has 0 aromatic rings. The third kappa shape index (κ3) is 3.39. The molecule has 1 heterocycles. The second-order valence-corrected chi connectivity index (χ2v) is 6.68. The molecule has 0 bridgehead atoms. The molecule has 1 saturated heterocycles. The minimum Gasteiger partial charge on any atom is -0.305 e. The van der Waals surface area contributed by atoms with Gasteiger partial charge in [-0.25, -0.2) is 0 Å². The largest absolute Gasteiger partial charge is 0.305 e. The summed E-state index contributed by atoms with van der Waals surface area (Å²) in [5.41, 5.74) is 0.530. The van der Waals surface area contributed by atoms with Gasteiger partial charge in [0.2, 0.25) is 0 Å². The summed E-state index contributed by atoms with van der Waals surface area (Å²) in [6.45, 7) is 3.85. The molecule has 100 valence electrons. The predicted molar refractivity (Wildman–Crippen MR) is 77.9 cm³/mol. The molecular formula is C14H28N2S. The first-order valence-corrected chi connectivity index (χ1v) is 7.78. The molecule has 0 radical (unpaired) electrons. The standard InChI is InChI=1S/C14H28N2S/c1-15(2)13-6-9-16(10-13)11-14(12-17)7-4-3-5-8-14/h13,17H,3-12H2,1-2H3. The highest BCUT2D eigenvalue weighted by molar-refractivity contribution is 7.80. The Kier molecular flexibility index (Phi) is 4.79. The highest BCUT2D eigenvalue weighted by Gasteiger charge is 2.35. The van der Waals surface area contributed by atoms with E-state index in [1.807, 2.05) is 0 Å². The summed E-state index contributed by atoms with van der Waals surface area (Å²) in [5, 5.41) is 0. The Hall–Kier alpha value is 0.270. The summed E-state index contributed by atoms with van der Waals surface area (Å²) in [7, 11) is 4.42. The van der Waals surface area contributed by atoms with Gasteiger partial charge in [-0.3, -0.25) is 0 Å². The Balaban J connectivity index is 1.87. The maximum Gasteiger partial charge on any atom is 0.0229 e. The molecule has 2 rings (SSSR count). The molecule has 1 aliphatic heterocycles. The molecule has 0 aromatic carbocycles. The van der Waals surface area contributed by atoms with Crippen molar-refractivity contribution in [3.8, 4) is 0 Å². The lowest BCUT2D eigenvalue weighted by Crippen LogP contribution is -2.41. The van der Waals surface area contributed by atoms with Crippen molar-refractivity contribution >= 4 is 12.6 Å². The van der Waals surface area contributed by atoms with Crippen LogP contribution in [0.4, 0.5) is 0 Å². The van der Waals surface area contributed by atoms with Gasteiger partial charge in [-0.05, 0) is 51.1 Å². The molecule has 1 unspecified atom stereocenters. The van der Waals surface area contributed by atoms with Gasteiger partial charge in [0, 0.05) is 19.1 Å². The molecule has 0 amide bonds. The Morgan fingerprint density at radius 2 is 1.94 bits per heavy atom. The van der Waals surface area contributed by atoms with Crippen molar-refractivity contribution in [1.82, 2.24) is 9.80 Å². The van der Waals surface area contributed by atoms with Crippen LogP contribution in [0.2, 0.25) is 0 Å². The minimum absolute atomic E-state index is 0.530. The fourth-order valence-electron chi connectivity index (χ4n) is 3.52. The first kappa shape index (κ1) is 13.7. The normalized spacial score (nSPS) is 30.0. The highest BCUT2D eigenvalue weighted by Crippen LogP contribution is 2.38. The van der Waals surface area contributed by atoms with Crippen LogP contribution in [-0.2, 0) is 0 Å². The topological polar surface area (TPSA) is 6.48 Å².